The van der Waals surface area contributed by atoms with Crippen LogP contribution in [0.4, 0.5) is 0 Å². The number of fused-ring (bicyclic) bond motifs is 1. The Balaban J connectivity index is 1.81. The van der Waals surface area contributed by atoms with Gasteiger partial charge in [0.2, 0.25) is 0 Å². The number of carbonyl (C=O) groups excluding carboxylic acids is 1. The van der Waals surface area contributed by atoms with Crippen LogP contribution in [0.25, 0.3) is 11.0 Å². The van der Waals surface area contributed by atoms with Crippen molar-refractivity contribution in [1.82, 2.24) is 14.9 Å². The van der Waals surface area contributed by atoms with Crippen LogP contribution in [0.2, 0.25) is 0 Å². The first kappa shape index (κ1) is 14.1. The molecule has 1 saturated carbocycles. The molecule has 1 fully saturated rings. The predicted molar refractivity (Wildman–Crippen MR) is 80.8 cm³/mol. The first-order valence-electron chi connectivity index (χ1n) is 7.49. The van der Waals surface area contributed by atoms with Gasteiger partial charge < -0.3 is 14.6 Å². The van der Waals surface area contributed by atoms with Gasteiger partial charge in [0, 0.05) is 30.4 Å². The molecule has 2 heterocycles. The molecule has 0 radical (unpaired) electrons. The zero-order valence-electron chi connectivity index (χ0n) is 12.5. The van der Waals surface area contributed by atoms with Crippen LogP contribution in [-0.2, 0) is 22.6 Å². The minimum absolute atomic E-state index is 0.0942. The van der Waals surface area contributed by atoms with Gasteiger partial charge in [-0.15, -0.1) is 0 Å². The maximum atomic E-state index is 11.9. The fourth-order valence-electron chi connectivity index (χ4n) is 2.44. The molecule has 0 aliphatic heterocycles. The molecule has 2 aromatic rings. The van der Waals surface area contributed by atoms with Crippen LogP contribution in [0.15, 0.2) is 24.5 Å². The summed E-state index contributed by atoms with van der Waals surface area (Å²) in [5.41, 5.74) is 2.02. The van der Waals surface area contributed by atoms with Crippen molar-refractivity contribution in [3.8, 4) is 0 Å². The summed E-state index contributed by atoms with van der Waals surface area (Å²) in [5.74, 6) is -0.228. The van der Waals surface area contributed by atoms with Crippen LogP contribution in [0, 0.1) is 0 Å². The second-order valence-electron chi connectivity index (χ2n) is 5.85. The second kappa shape index (κ2) is 5.85. The number of nitrogens with zero attached hydrogens (tertiary/aromatic N) is 2. The largest absolute Gasteiger partial charge is 0.462 e. The summed E-state index contributed by atoms with van der Waals surface area (Å²) in [4.78, 5) is 16.3. The van der Waals surface area contributed by atoms with Crippen LogP contribution in [0.1, 0.15) is 32.3 Å². The molecule has 3 rings (SSSR count). The predicted octanol–water partition coefficient (Wildman–Crippen LogP) is 2.24. The highest BCUT2D eigenvalue weighted by Crippen LogP contribution is 2.23. The SMILES string of the molecule is CC(C)OC(=O)Cn1cc(CNC2CC2)c2cccnc21. The first-order chi connectivity index (χ1) is 10.1. The standard InChI is InChI=1S/C16H21N3O2/c1-11(2)21-15(20)10-19-9-12(8-18-13-5-6-13)14-4-3-7-17-16(14)19/h3-4,7,9,11,13,18H,5-6,8,10H2,1-2H3. The van der Waals surface area contributed by atoms with Gasteiger partial charge in [-0.25, -0.2) is 4.98 Å². The van der Waals surface area contributed by atoms with Gasteiger partial charge in [-0.3, -0.25) is 4.79 Å². The van der Waals surface area contributed by atoms with Crippen molar-refractivity contribution in [3.05, 3.63) is 30.1 Å². The molecule has 0 unspecified atom stereocenters. The quantitative estimate of drug-likeness (QED) is 0.828. The molecule has 0 atom stereocenters. The number of aromatic nitrogens is 2. The number of rotatable bonds is 6. The zero-order chi connectivity index (χ0) is 14.8. The third kappa shape index (κ3) is 3.42. The molecule has 2 aromatic heterocycles. The van der Waals surface area contributed by atoms with Crippen LogP contribution in [0.5, 0.6) is 0 Å². The molecule has 5 nitrogen and oxygen atoms in total. The van der Waals surface area contributed by atoms with E-state index < -0.39 is 0 Å². The van der Waals surface area contributed by atoms with Crippen molar-refractivity contribution < 1.29 is 9.53 Å². The lowest BCUT2D eigenvalue weighted by Gasteiger charge is -2.08. The number of esters is 1. The van der Waals surface area contributed by atoms with E-state index in [9.17, 15) is 4.79 Å². The van der Waals surface area contributed by atoms with E-state index in [0.29, 0.717) is 6.04 Å². The molecule has 0 aromatic carbocycles. The number of nitrogens with one attached hydrogen (secondary N) is 1. The van der Waals surface area contributed by atoms with Gasteiger partial charge in [-0.05, 0) is 44.4 Å². The molecular formula is C16H21N3O2. The molecule has 112 valence electrons. The number of pyridine rings is 1. The van der Waals surface area contributed by atoms with E-state index in [4.69, 9.17) is 4.74 Å². The molecule has 0 spiro atoms. The minimum atomic E-state index is -0.228. The minimum Gasteiger partial charge on any atom is -0.462 e. The molecule has 5 heteroatoms. The lowest BCUT2D eigenvalue weighted by atomic mass is 10.2. The number of ether oxygens (including phenoxy) is 1. The van der Waals surface area contributed by atoms with Gasteiger partial charge in [0.1, 0.15) is 12.2 Å². The fraction of sp³-hybridized carbons (Fsp3) is 0.500. The highest BCUT2D eigenvalue weighted by molar-refractivity contribution is 5.82. The fourth-order valence-corrected chi connectivity index (χ4v) is 2.44. The zero-order valence-corrected chi connectivity index (χ0v) is 12.5. The molecule has 21 heavy (non-hydrogen) atoms. The molecule has 1 aliphatic rings. The average molecular weight is 287 g/mol. The lowest BCUT2D eigenvalue weighted by molar-refractivity contribution is -0.148. The van der Waals surface area contributed by atoms with Crippen LogP contribution in [-0.4, -0.2) is 27.7 Å². The molecular weight excluding hydrogens is 266 g/mol. The molecule has 0 amide bonds. The van der Waals surface area contributed by atoms with E-state index >= 15 is 0 Å². The van der Waals surface area contributed by atoms with Crippen LogP contribution in [0.3, 0.4) is 0 Å². The number of hydrogen-bond acceptors (Lipinski definition) is 4. The maximum Gasteiger partial charge on any atom is 0.326 e. The molecule has 1 N–H and O–H groups in total. The Morgan fingerprint density at radius 3 is 3.05 bits per heavy atom. The van der Waals surface area contributed by atoms with Crippen LogP contribution < -0.4 is 5.32 Å². The highest BCUT2D eigenvalue weighted by atomic mass is 16.5. The Hall–Kier alpha value is -1.88. The van der Waals surface area contributed by atoms with Crippen molar-refractivity contribution in [1.29, 1.82) is 0 Å². The third-order valence-corrected chi connectivity index (χ3v) is 3.54. The number of carbonyl (C=O) groups is 1. The average Bonchev–Trinajstić information content (AvgIpc) is 3.20. The van der Waals surface area contributed by atoms with Crippen LogP contribution >= 0.6 is 0 Å². The van der Waals surface area contributed by atoms with Gasteiger partial charge in [-0.1, -0.05) is 0 Å². The smallest absolute Gasteiger partial charge is 0.326 e. The lowest BCUT2D eigenvalue weighted by Crippen LogP contribution is -2.17. The third-order valence-electron chi connectivity index (χ3n) is 3.54. The van der Waals surface area contributed by atoms with Gasteiger partial charge >= 0.3 is 5.97 Å². The van der Waals surface area contributed by atoms with Crippen molar-refractivity contribution in [2.75, 3.05) is 0 Å². The first-order valence-corrected chi connectivity index (χ1v) is 7.49. The molecule has 0 saturated heterocycles. The molecule has 1 aliphatic carbocycles. The van der Waals surface area contributed by atoms with Gasteiger partial charge in [0.05, 0.1) is 6.10 Å². The van der Waals surface area contributed by atoms with E-state index in [1.54, 1.807) is 6.20 Å². The van der Waals surface area contributed by atoms with Crippen molar-refractivity contribution in [2.24, 2.45) is 0 Å². The Kier molecular flexibility index (Phi) is 3.92. The summed E-state index contributed by atoms with van der Waals surface area (Å²) in [7, 11) is 0. The van der Waals surface area contributed by atoms with E-state index in [1.165, 1.54) is 18.4 Å². The van der Waals surface area contributed by atoms with Gasteiger partial charge in [0.15, 0.2) is 0 Å². The van der Waals surface area contributed by atoms with E-state index in [0.717, 1.165) is 17.6 Å². The summed E-state index contributed by atoms with van der Waals surface area (Å²) in [6.07, 6.45) is 6.19. The monoisotopic (exact) mass is 287 g/mol. The van der Waals surface area contributed by atoms with Gasteiger partial charge in [0.25, 0.3) is 0 Å². The number of hydrogen-bond donors (Lipinski definition) is 1. The second-order valence-corrected chi connectivity index (χ2v) is 5.85. The van der Waals surface area contributed by atoms with Gasteiger partial charge in [-0.2, -0.15) is 0 Å². The Labute approximate surface area is 124 Å². The Morgan fingerprint density at radius 1 is 1.52 bits per heavy atom. The van der Waals surface area contributed by atoms with E-state index in [1.807, 2.05) is 30.7 Å². The summed E-state index contributed by atoms with van der Waals surface area (Å²) in [5, 5.41) is 4.61. The van der Waals surface area contributed by atoms with Crippen molar-refractivity contribution in [2.45, 2.75) is 51.9 Å². The summed E-state index contributed by atoms with van der Waals surface area (Å²) in [6, 6.07) is 4.64. The Morgan fingerprint density at radius 2 is 2.33 bits per heavy atom. The van der Waals surface area contributed by atoms with E-state index in [2.05, 4.69) is 16.4 Å². The highest BCUT2D eigenvalue weighted by Gasteiger charge is 2.21. The summed E-state index contributed by atoms with van der Waals surface area (Å²) < 4.78 is 7.10. The maximum absolute atomic E-state index is 11.9. The summed E-state index contributed by atoms with van der Waals surface area (Å²) in [6.45, 7) is 4.73. The topological polar surface area (TPSA) is 56.1 Å². The van der Waals surface area contributed by atoms with E-state index in [-0.39, 0.29) is 18.6 Å². The van der Waals surface area contributed by atoms with Crippen molar-refractivity contribution in [3.63, 3.8) is 0 Å². The normalized spacial score (nSPS) is 14.8. The summed E-state index contributed by atoms with van der Waals surface area (Å²) >= 11 is 0. The Bertz CT molecular complexity index is 644. The molecule has 0 bridgehead atoms. The van der Waals surface area contributed by atoms with Crippen molar-refractivity contribution >= 4 is 17.0 Å².